The van der Waals surface area contributed by atoms with E-state index in [-0.39, 0.29) is 5.91 Å². The highest BCUT2D eigenvalue weighted by Crippen LogP contribution is 2.08. The number of aryl methyl sites for hydroxylation is 1. The van der Waals surface area contributed by atoms with Gasteiger partial charge in [-0.3, -0.25) is 10.1 Å². The second-order valence-electron chi connectivity index (χ2n) is 4.62. The first kappa shape index (κ1) is 13.1. The van der Waals surface area contributed by atoms with Crippen molar-refractivity contribution in [2.24, 2.45) is 0 Å². The molecule has 0 bridgehead atoms. The molecule has 2 heterocycles. The van der Waals surface area contributed by atoms with Crippen LogP contribution in [0.15, 0.2) is 10.6 Å². The number of rotatable bonds is 5. The molecule has 1 aliphatic rings. The predicted molar refractivity (Wildman–Crippen MR) is 68.0 cm³/mol. The van der Waals surface area contributed by atoms with Crippen LogP contribution in [0.4, 0.5) is 0 Å². The summed E-state index contributed by atoms with van der Waals surface area (Å²) in [7, 11) is 0. The molecule has 0 aliphatic carbocycles. The van der Waals surface area contributed by atoms with Crippen LogP contribution < -0.4 is 5.32 Å². The van der Waals surface area contributed by atoms with E-state index in [0.29, 0.717) is 19.0 Å². The van der Waals surface area contributed by atoms with Crippen molar-refractivity contribution in [3.63, 3.8) is 0 Å². The minimum atomic E-state index is 0.178. The molecule has 2 rings (SSSR count). The molecular weight excluding hydrogens is 230 g/mol. The van der Waals surface area contributed by atoms with E-state index >= 15 is 0 Å². The van der Waals surface area contributed by atoms with Crippen LogP contribution in [0, 0.1) is 0 Å². The number of hydrogen-bond acceptors (Lipinski definition) is 4. The lowest BCUT2D eigenvalue weighted by atomic mass is 10.1. The van der Waals surface area contributed by atoms with Gasteiger partial charge in [0.1, 0.15) is 5.76 Å². The summed E-state index contributed by atoms with van der Waals surface area (Å²) in [6.45, 7) is 4.71. The summed E-state index contributed by atoms with van der Waals surface area (Å²) in [5.74, 6) is 1.71. The van der Waals surface area contributed by atoms with Crippen LogP contribution in [0.3, 0.4) is 0 Å². The van der Waals surface area contributed by atoms with E-state index in [0.717, 1.165) is 38.1 Å². The molecule has 100 valence electrons. The van der Waals surface area contributed by atoms with E-state index in [1.807, 2.05) is 11.8 Å². The Morgan fingerprint density at radius 1 is 1.44 bits per heavy atom. The maximum atomic E-state index is 11.9. The quantitative estimate of drug-likeness (QED) is 0.858. The van der Waals surface area contributed by atoms with Crippen molar-refractivity contribution in [2.75, 3.05) is 19.6 Å². The Labute approximate surface area is 108 Å². The van der Waals surface area contributed by atoms with Crippen LogP contribution in [0.25, 0.3) is 0 Å². The van der Waals surface area contributed by atoms with Crippen LogP contribution >= 0.6 is 0 Å². The molecule has 1 fully saturated rings. The Morgan fingerprint density at radius 3 is 2.89 bits per heavy atom. The summed E-state index contributed by atoms with van der Waals surface area (Å²) in [6, 6.07) is 0. The van der Waals surface area contributed by atoms with Gasteiger partial charge in [0.2, 0.25) is 11.8 Å². The number of carbonyl (C=O) groups is 1. The van der Waals surface area contributed by atoms with Crippen molar-refractivity contribution in [1.82, 2.24) is 15.2 Å². The van der Waals surface area contributed by atoms with E-state index in [1.165, 1.54) is 6.42 Å². The first-order valence-electron chi connectivity index (χ1n) is 6.71. The van der Waals surface area contributed by atoms with E-state index < -0.39 is 0 Å². The molecule has 18 heavy (non-hydrogen) atoms. The Balaban J connectivity index is 1.69. The normalized spacial score (nSPS) is 15.9. The highest BCUT2D eigenvalue weighted by atomic mass is 16.4. The molecular formula is C13H21N3O2. The number of hydrogen-bond donors (Lipinski definition) is 1. The van der Waals surface area contributed by atoms with E-state index in [1.54, 1.807) is 6.20 Å². The Bertz CT molecular complexity index is 383. The average Bonchev–Trinajstić information content (AvgIpc) is 2.87. The highest BCUT2D eigenvalue weighted by molar-refractivity contribution is 5.78. The van der Waals surface area contributed by atoms with Gasteiger partial charge in [-0.25, -0.2) is 4.98 Å². The minimum Gasteiger partial charge on any atom is -0.444 e. The van der Waals surface area contributed by atoms with Crippen molar-refractivity contribution in [1.29, 1.82) is 0 Å². The zero-order valence-corrected chi connectivity index (χ0v) is 10.9. The van der Waals surface area contributed by atoms with Crippen LogP contribution in [0.5, 0.6) is 0 Å². The van der Waals surface area contributed by atoms with Crippen LogP contribution in [0.2, 0.25) is 0 Å². The SMILES string of the molecule is CCc1cnc(CNCC(=O)N2CCCCC2)o1. The summed E-state index contributed by atoms with van der Waals surface area (Å²) in [4.78, 5) is 17.9. The van der Waals surface area contributed by atoms with Gasteiger partial charge in [-0.1, -0.05) is 6.92 Å². The molecule has 0 radical (unpaired) electrons. The average molecular weight is 251 g/mol. The minimum absolute atomic E-state index is 0.178. The molecule has 0 saturated carbocycles. The zero-order chi connectivity index (χ0) is 12.8. The molecule has 1 aliphatic heterocycles. The Hall–Kier alpha value is -1.36. The molecule has 0 atom stereocenters. The van der Waals surface area contributed by atoms with Crippen molar-refractivity contribution in [2.45, 2.75) is 39.2 Å². The summed E-state index contributed by atoms with van der Waals surface area (Å²) >= 11 is 0. The second kappa shape index (κ2) is 6.54. The molecule has 0 unspecified atom stereocenters. The third-order valence-electron chi connectivity index (χ3n) is 3.21. The lowest BCUT2D eigenvalue weighted by Gasteiger charge is -2.26. The maximum absolute atomic E-state index is 11.9. The number of nitrogens with zero attached hydrogens (tertiary/aromatic N) is 2. The van der Waals surface area contributed by atoms with Gasteiger partial charge in [-0.15, -0.1) is 0 Å². The van der Waals surface area contributed by atoms with Crippen molar-refractivity contribution >= 4 is 5.91 Å². The maximum Gasteiger partial charge on any atom is 0.236 e. The lowest BCUT2D eigenvalue weighted by Crippen LogP contribution is -2.40. The molecule has 0 spiro atoms. The molecule has 5 nitrogen and oxygen atoms in total. The highest BCUT2D eigenvalue weighted by Gasteiger charge is 2.15. The number of aromatic nitrogens is 1. The largest absolute Gasteiger partial charge is 0.444 e. The fraction of sp³-hybridized carbons (Fsp3) is 0.692. The fourth-order valence-electron chi connectivity index (χ4n) is 2.12. The van der Waals surface area contributed by atoms with Crippen molar-refractivity contribution in [3.05, 3.63) is 17.8 Å². The molecule has 1 amide bonds. The van der Waals surface area contributed by atoms with E-state index in [2.05, 4.69) is 10.3 Å². The number of carbonyl (C=O) groups excluding carboxylic acids is 1. The van der Waals surface area contributed by atoms with E-state index in [9.17, 15) is 4.79 Å². The first-order chi connectivity index (χ1) is 8.79. The fourth-order valence-corrected chi connectivity index (χ4v) is 2.12. The lowest BCUT2D eigenvalue weighted by molar-refractivity contribution is -0.131. The van der Waals surface area contributed by atoms with Gasteiger partial charge >= 0.3 is 0 Å². The van der Waals surface area contributed by atoms with Crippen molar-refractivity contribution < 1.29 is 9.21 Å². The molecule has 1 N–H and O–H groups in total. The van der Waals surface area contributed by atoms with Gasteiger partial charge in [-0.2, -0.15) is 0 Å². The second-order valence-corrected chi connectivity index (χ2v) is 4.62. The monoisotopic (exact) mass is 251 g/mol. The summed E-state index contributed by atoms with van der Waals surface area (Å²) < 4.78 is 5.46. The van der Waals surface area contributed by atoms with Gasteiger partial charge in [0.25, 0.3) is 0 Å². The van der Waals surface area contributed by atoms with Gasteiger partial charge in [0, 0.05) is 19.5 Å². The molecule has 1 saturated heterocycles. The number of oxazole rings is 1. The van der Waals surface area contributed by atoms with Gasteiger partial charge < -0.3 is 9.32 Å². The van der Waals surface area contributed by atoms with Crippen molar-refractivity contribution in [3.8, 4) is 0 Å². The molecule has 1 aromatic rings. The number of piperidine rings is 1. The predicted octanol–water partition coefficient (Wildman–Crippen LogP) is 1.34. The molecule has 1 aromatic heterocycles. The summed E-state index contributed by atoms with van der Waals surface area (Å²) in [5, 5.41) is 3.09. The molecule has 0 aromatic carbocycles. The standard InChI is InChI=1S/C13H21N3O2/c1-2-11-8-15-12(18-11)9-14-10-13(17)16-6-4-3-5-7-16/h8,14H,2-7,9-10H2,1H3. The smallest absolute Gasteiger partial charge is 0.236 e. The zero-order valence-electron chi connectivity index (χ0n) is 10.9. The van der Waals surface area contributed by atoms with Gasteiger partial charge in [0.05, 0.1) is 19.3 Å². The van der Waals surface area contributed by atoms with Gasteiger partial charge in [0.15, 0.2) is 0 Å². The van der Waals surface area contributed by atoms with E-state index in [4.69, 9.17) is 4.42 Å². The summed E-state index contributed by atoms with van der Waals surface area (Å²) in [5.41, 5.74) is 0. The first-order valence-corrected chi connectivity index (χ1v) is 6.71. The van der Waals surface area contributed by atoms with Crippen LogP contribution in [0.1, 0.15) is 37.8 Å². The third-order valence-corrected chi connectivity index (χ3v) is 3.21. The number of likely N-dealkylation sites (tertiary alicyclic amines) is 1. The Morgan fingerprint density at radius 2 is 2.22 bits per heavy atom. The van der Waals surface area contributed by atoms with Crippen LogP contribution in [-0.4, -0.2) is 35.4 Å². The van der Waals surface area contributed by atoms with Crippen LogP contribution in [-0.2, 0) is 17.8 Å². The Kier molecular flexibility index (Phi) is 4.75. The van der Waals surface area contributed by atoms with Gasteiger partial charge in [-0.05, 0) is 19.3 Å². The molecule has 5 heteroatoms. The number of amides is 1. The third kappa shape index (κ3) is 3.57. The number of nitrogens with one attached hydrogen (secondary N) is 1. The summed E-state index contributed by atoms with van der Waals surface area (Å²) in [6.07, 6.45) is 6.09. The topological polar surface area (TPSA) is 58.4 Å².